The molecule has 2 rings (SSSR count). The quantitative estimate of drug-likeness (QED) is 0.695. The van der Waals surface area contributed by atoms with Crippen LogP contribution in [-0.2, 0) is 6.61 Å². The Morgan fingerprint density at radius 2 is 1.76 bits per heavy atom. The monoisotopic (exact) mass is 306 g/mol. The standard InChI is InChI=1S/C16H15ClO4/c1-10-3-8-14(17)15(13(10)9-18)16(19)21-12-6-4-11(20-2)5-7-12/h3-8,18H,9H2,1-2H3. The van der Waals surface area contributed by atoms with E-state index in [1.807, 2.05) is 0 Å². The maximum atomic E-state index is 12.3. The molecule has 2 aromatic carbocycles. The third kappa shape index (κ3) is 3.35. The molecule has 4 nitrogen and oxygen atoms in total. The summed E-state index contributed by atoms with van der Waals surface area (Å²) in [6.07, 6.45) is 0. The van der Waals surface area contributed by atoms with Gasteiger partial charge in [0.1, 0.15) is 11.5 Å². The first-order valence-corrected chi connectivity index (χ1v) is 6.69. The first-order valence-electron chi connectivity index (χ1n) is 6.32. The second kappa shape index (κ2) is 6.61. The lowest BCUT2D eigenvalue weighted by molar-refractivity contribution is 0.0731. The Morgan fingerprint density at radius 1 is 1.14 bits per heavy atom. The molecule has 0 spiro atoms. The van der Waals surface area contributed by atoms with Crippen LogP contribution >= 0.6 is 11.6 Å². The number of hydrogen-bond donors (Lipinski definition) is 1. The second-order valence-corrected chi connectivity index (χ2v) is 4.85. The van der Waals surface area contributed by atoms with Crippen molar-refractivity contribution in [3.05, 3.63) is 58.1 Å². The normalized spacial score (nSPS) is 10.3. The Hall–Kier alpha value is -2.04. The molecule has 0 heterocycles. The minimum Gasteiger partial charge on any atom is -0.497 e. The number of methoxy groups -OCH3 is 1. The van der Waals surface area contributed by atoms with Gasteiger partial charge < -0.3 is 14.6 Å². The van der Waals surface area contributed by atoms with Gasteiger partial charge in [0, 0.05) is 0 Å². The zero-order valence-corrected chi connectivity index (χ0v) is 12.5. The molecule has 0 aliphatic carbocycles. The molecule has 1 N–H and O–H groups in total. The van der Waals surface area contributed by atoms with E-state index in [-0.39, 0.29) is 17.2 Å². The Morgan fingerprint density at radius 3 is 2.33 bits per heavy atom. The van der Waals surface area contributed by atoms with Crippen molar-refractivity contribution in [2.45, 2.75) is 13.5 Å². The van der Waals surface area contributed by atoms with Gasteiger partial charge in [-0.25, -0.2) is 4.79 Å². The summed E-state index contributed by atoms with van der Waals surface area (Å²) in [6, 6.07) is 9.98. The predicted molar refractivity (Wildman–Crippen MR) is 80.1 cm³/mol. The van der Waals surface area contributed by atoms with Crippen LogP contribution in [0.5, 0.6) is 11.5 Å². The molecule has 0 aliphatic heterocycles. The number of rotatable bonds is 4. The van der Waals surface area contributed by atoms with Crippen LogP contribution in [-0.4, -0.2) is 18.2 Å². The van der Waals surface area contributed by atoms with Gasteiger partial charge in [-0.2, -0.15) is 0 Å². The molecule has 21 heavy (non-hydrogen) atoms. The van der Waals surface area contributed by atoms with E-state index in [0.717, 1.165) is 5.56 Å². The first-order chi connectivity index (χ1) is 10.1. The van der Waals surface area contributed by atoms with E-state index in [1.54, 1.807) is 50.4 Å². The minimum atomic E-state index is -0.599. The lowest BCUT2D eigenvalue weighted by Crippen LogP contribution is -2.13. The summed E-state index contributed by atoms with van der Waals surface area (Å²) in [5.41, 5.74) is 1.44. The maximum absolute atomic E-state index is 12.3. The molecule has 0 bridgehead atoms. The highest BCUT2D eigenvalue weighted by Crippen LogP contribution is 2.26. The number of carbonyl (C=O) groups excluding carboxylic acids is 1. The summed E-state index contributed by atoms with van der Waals surface area (Å²) >= 11 is 6.06. The van der Waals surface area contributed by atoms with E-state index >= 15 is 0 Å². The molecule has 0 unspecified atom stereocenters. The molecule has 0 amide bonds. The van der Waals surface area contributed by atoms with Gasteiger partial charge in [-0.1, -0.05) is 17.7 Å². The molecule has 0 saturated heterocycles. The average Bonchev–Trinajstić information content (AvgIpc) is 2.49. The average molecular weight is 307 g/mol. The van der Waals surface area contributed by atoms with E-state index < -0.39 is 5.97 Å². The van der Waals surface area contributed by atoms with Crippen molar-refractivity contribution in [1.82, 2.24) is 0 Å². The molecule has 0 aromatic heterocycles. The van der Waals surface area contributed by atoms with Crippen molar-refractivity contribution < 1.29 is 19.4 Å². The largest absolute Gasteiger partial charge is 0.497 e. The molecule has 0 fully saturated rings. The fourth-order valence-electron chi connectivity index (χ4n) is 1.95. The van der Waals surface area contributed by atoms with Crippen LogP contribution in [0, 0.1) is 6.92 Å². The van der Waals surface area contributed by atoms with Gasteiger partial charge in [0.25, 0.3) is 0 Å². The zero-order valence-electron chi connectivity index (χ0n) is 11.7. The number of carbonyl (C=O) groups is 1. The van der Waals surface area contributed by atoms with Crippen LogP contribution in [0.2, 0.25) is 5.02 Å². The van der Waals surface area contributed by atoms with Crippen LogP contribution in [0.15, 0.2) is 36.4 Å². The van der Waals surface area contributed by atoms with Crippen LogP contribution in [0.3, 0.4) is 0 Å². The third-order valence-corrected chi connectivity index (χ3v) is 3.44. The van der Waals surface area contributed by atoms with Gasteiger partial charge in [-0.15, -0.1) is 0 Å². The minimum absolute atomic E-state index is 0.190. The Balaban J connectivity index is 2.29. The van der Waals surface area contributed by atoms with Gasteiger partial charge in [0.05, 0.1) is 24.3 Å². The Labute approximate surface area is 127 Å². The highest BCUT2D eigenvalue weighted by molar-refractivity contribution is 6.33. The number of halogens is 1. The van der Waals surface area contributed by atoms with E-state index in [2.05, 4.69) is 0 Å². The molecule has 0 radical (unpaired) electrons. The van der Waals surface area contributed by atoms with Gasteiger partial charge >= 0.3 is 5.97 Å². The van der Waals surface area contributed by atoms with Crippen molar-refractivity contribution in [1.29, 1.82) is 0 Å². The molecule has 0 saturated carbocycles. The van der Waals surface area contributed by atoms with Gasteiger partial charge in [-0.3, -0.25) is 0 Å². The van der Waals surface area contributed by atoms with Crippen molar-refractivity contribution in [3.8, 4) is 11.5 Å². The highest BCUT2D eigenvalue weighted by Gasteiger charge is 2.19. The van der Waals surface area contributed by atoms with Crippen LogP contribution in [0.4, 0.5) is 0 Å². The van der Waals surface area contributed by atoms with E-state index in [1.165, 1.54) is 0 Å². The molecule has 110 valence electrons. The number of aliphatic hydroxyl groups excluding tert-OH is 1. The number of aliphatic hydroxyl groups is 1. The number of aryl methyl sites for hydroxylation is 1. The molecule has 2 aromatic rings. The fraction of sp³-hybridized carbons (Fsp3) is 0.188. The smallest absolute Gasteiger partial charge is 0.345 e. The third-order valence-electron chi connectivity index (χ3n) is 3.13. The number of ether oxygens (including phenoxy) is 2. The molecule has 5 heteroatoms. The second-order valence-electron chi connectivity index (χ2n) is 4.44. The summed E-state index contributed by atoms with van der Waals surface area (Å²) in [6.45, 7) is 1.52. The van der Waals surface area contributed by atoms with E-state index in [4.69, 9.17) is 21.1 Å². The number of esters is 1. The van der Waals surface area contributed by atoms with E-state index in [0.29, 0.717) is 17.1 Å². The fourth-order valence-corrected chi connectivity index (χ4v) is 2.20. The maximum Gasteiger partial charge on any atom is 0.345 e. The molecular formula is C16H15ClO4. The number of hydrogen-bond acceptors (Lipinski definition) is 4. The SMILES string of the molecule is COc1ccc(OC(=O)c2c(Cl)ccc(C)c2CO)cc1. The van der Waals surface area contributed by atoms with Crippen molar-refractivity contribution >= 4 is 17.6 Å². The summed E-state index contributed by atoms with van der Waals surface area (Å²) in [5, 5.41) is 9.68. The Kier molecular flexibility index (Phi) is 4.83. The van der Waals surface area contributed by atoms with Crippen LogP contribution in [0.25, 0.3) is 0 Å². The molecular weight excluding hydrogens is 292 g/mol. The molecule has 0 atom stereocenters. The lowest BCUT2D eigenvalue weighted by Gasteiger charge is -2.12. The predicted octanol–water partition coefficient (Wildman–Crippen LogP) is 3.37. The first kappa shape index (κ1) is 15.4. The van der Waals surface area contributed by atoms with Crippen LogP contribution in [0.1, 0.15) is 21.5 Å². The molecule has 0 aliphatic rings. The van der Waals surface area contributed by atoms with Crippen LogP contribution < -0.4 is 9.47 Å². The van der Waals surface area contributed by atoms with E-state index in [9.17, 15) is 9.90 Å². The Bertz CT molecular complexity index is 650. The van der Waals surface area contributed by atoms with Crippen molar-refractivity contribution in [3.63, 3.8) is 0 Å². The van der Waals surface area contributed by atoms with Gasteiger partial charge in [0.2, 0.25) is 0 Å². The van der Waals surface area contributed by atoms with Gasteiger partial charge in [0.15, 0.2) is 0 Å². The zero-order chi connectivity index (χ0) is 15.4. The summed E-state index contributed by atoms with van der Waals surface area (Å²) in [4.78, 5) is 12.3. The summed E-state index contributed by atoms with van der Waals surface area (Å²) < 4.78 is 10.3. The van der Waals surface area contributed by atoms with Crippen molar-refractivity contribution in [2.75, 3.05) is 7.11 Å². The number of benzene rings is 2. The van der Waals surface area contributed by atoms with Crippen molar-refractivity contribution in [2.24, 2.45) is 0 Å². The summed E-state index contributed by atoms with van der Waals surface area (Å²) in [5.74, 6) is 0.444. The highest BCUT2D eigenvalue weighted by atomic mass is 35.5. The van der Waals surface area contributed by atoms with Gasteiger partial charge in [-0.05, 0) is 48.4 Å². The topological polar surface area (TPSA) is 55.8 Å². The summed E-state index contributed by atoms with van der Waals surface area (Å²) in [7, 11) is 1.56. The lowest BCUT2D eigenvalue weighted by atomic mass is 10.0.